The predicted molar refractivity (Wildman–Crippen MR) is 79.4 cm³/mol. The van der Waals surface area contributed by atoms with Crippen LogP contribution in [0.5, 0.6) is 0 Å². The number of likely N-dealkylation sites (tertiary alicyclic amines) is 1. The normalized spacial score (nSPS) is 21.3. The highest BCUT2D eigenvalue weighted by atomic mass is 19.1. The molecule has 0 bridgehead atoms. The van der Waals surface area contributed by atoms with E-state index in [0.717, 1.165) is 5.56 Å². The number of aliphatic hydroxyl groups is 1. The molecule has 6 heteroatoms. The van der Waals surface area contributed by atoms with Gasteiger partial charge in [0.25, 0.3) is 0 Å². The minimum atomic E-state index is -0.505. The third-order valence-corrected chi connectivity index (χ3v) is 4.18. The summed E-state index contributed by atoms with van der Waals surface area (Å²) in [4.78, 5) is 27.8. The average molecular weight is 308 g/mol. The van der Waals surface area contributed by atoms with Crippen LogP contribution >= 0.6 is 0 Å². The van der Waals surface area contributed by atoms with Crippen LogP contribution in [0.2, 0.25) is 0 Å². The lowest BCUT2D eigenvalue weighted by atomic mass is 9.92. The van der Waals surface area contributed by atoms with E-state index in [-0.39, 0.29) is 37.2 Å². The van der Waals surface area contributed by atoms with Gasteiger partial charge in [0, 0.05) is 26.6 Å². The van der Waals surface area contributed by atoms with Crippen molar-refractivity contribution in [3.05, 3.63) is 35.6 Å². The SMILES string of the molecule is CCN(CCO)C(=O)C1CC(=O)N(C)C1c1ccc(F)cc1. The molecule has 2 atom stereocenters. The molecule has 1 saturated heterocycles. The van der Waals surface area contributed by atoms with E-state index in [0.29, 0.717) is 6.54 Å². The van der Waals surface area contributed by atoms with Crippen molar-refractivity contribution in [1.29, 1.82) is 0 Å². The highest BCUT2D eigenvalue weighted by molar-refractivity contribution is 5.90. The van der Waals surface area contributed by atoms with Crippen molar-refractivity contribution in [2.45, 2.75) is 19.4 Å². The van der Waals surface area contributed by atoms with Crippen LogP contribution in [0, 0.1) is 11.7 Å². The van der Waals surface area contributed by atoms with Crippen LogP contribution < -0.4 is 0 Å². The van der Waals surface area contributed by atoms with Gasteiger partial charge < -0.3 is 14.9 Å². The van der Waals surface area contributed by atoms with Crippen molar-refractivity contribution in [2.24, 2.45) is 5.92 Å². The third kappa shape index (κ3) is 3.11. The molecule has 120 valence electrons. The van der Waals surface area contributed by atoms with E-state index in [1.165, 1.54) is 12.1 Å². The summed E-state index contributed by atoms with van der Waals surface area (Å²) < 4.78 is 13.1. The van der Waals surface area contributed by atoms with Gasteiger partial charge in [-0.05, 0) is 24.6 Å². The first-order valence-electron chi connectivity index (χ1n) is 7.40. The van der Waals surface area contributed by atoms with E-state index >= 15 is 0 Å². The van der Waals surface area contributed by atoms with Crippen LogP contribution in [0.3, 0.4) is 0 Å². The number of carbonyl (C=O) groups is 2. The molecule has 1 aromatic rings. The fourth-order valence-corrected chi connectivity index (χ4v) is 2.99. The summed E-state index contributed by atoms with van der Waals surface area (Å²) in [6.45, 7) is 2.45. The summed E-state index contributed by atoms with van der Waals surface area (Å²) >= 11 is 0. The first kappa shape index (κ1) is 16.4. The average Bonchev–Trinajstić information content (AvgIpc) is 2.81. The number of halogens is 1. The number of amides is 2. The summed E-state index contributed by atoms with van der Waals surface area (Å²) in [5.41, 5.74) is 0.744. The van der Waals surface area contributed by atoms with Gasteiger partial charge in [-0.1, -0.05) is 12.1 Å². The minimum Gasteiger partial charge on any atom is -0.395 e. The number of hydrogen-bond acceptors (Lipinski definition) is 3. The lowest BCUT2D eigenvalue weighted by Crippen LogP contribution is -2.40. The van der Waals surface area contributed by atoms with Crippen molar-refractivity contribution in [2.75, 3.05) is 26.7 Å². The van der Waals surface area contributed by atoms with E-state index in [1.54, 1.807) is 29.0 Å². The topological polar surface area (TPSA) is 60.9 Å². The van der Waals surface area contributed by atoms with Crippen LogP contribution in [0.1, 0.15) is 24.9 Å². The van der Waals surface area contributed by atoms with Crippen LogP contribution in [0.25, 0.3) is 0 Å². The standard InChI is InChI=1S/C16H21FN2O3/c1-3-19(8-9-20)16(22)13-10-14(21)18(2)15(13)11-4-6-12(17)7-5-11/h4-7,13,15,20H,3,8-10H2,1-2H3. The maximum atomic E-state index is 13.1. The number of likely N-dealkylation sites (N-methyl/N-ethyl adjacent to an activating group) is 1. The number of benzene rings is 1. The Morgan fingerprint density at radius 3 is 2.59 bits per heavy atom. The molecule has 2 amide bonds. The monoisotopic (exact) mass is 308 g/mol. The van der Waals surface area contributed by atoms with Crippen LogP contribution in [0.15, 0.2) is 24.3 Å². The molecule has 1 aliphatic heterocycles. The summed E-state index contributed by atoms with van der Waals surface area (Å²) in [6, 6.07) is 5.49. The zero-order chi connectivity index (χ0) is 16.3. The van der Waals surface area contributed by atoms with Gasteiger partial charge in [0.15, 0.2) is 0 Å². The zero-order valence-corrected chi connectivity index (χ0v) is 12.8. The van der Waals surface area contributed by atoms with Crippen LogP contribution in [-0.4, -0.2) is 53.5 Å². The molecule has 2 unspecified atom stereocenters. The minimum absolute atomic E-state index is 0.104. The van der Waals surface area contributed by atoms with E-state index in [2.05, 4.69) is 0 Å². The Bertz CT molecular complexity index is 547. The number of carbonyl (C=O) groups excluding carboxylic acids is 2. The Morgan fingerprint density at radius 1 is 1.41 bits per heavy atom. The number of rotatable bonds is 5. The Morgan fingerprint density at radius 2 is 2.05 bits per heavy atom. The van der Waals surface area contributed by atoms with Crippen molar-refractivity contribution >= 4 is 11.8 Å². The maximum Gasteiger partial charge on any atom is 0.228 e. The molecule has 0 aliphatic carbocycles. The van der Waals surface area contributed by atoms with Gasteiger partial charge in [0.05, 0.1) is 18.6 Å². The number of hydrogen-bond donors (Lipinski definition) is 1. The smallest absolute Gasteiger partial charge is 0.228 e. The number of aliphatic hydroxyl groups excluding tert-OH is 1. The van der Waals surface area contributed by atoms with Crippen molar-refractivity contribution in [3.63, 3.8) is 0 Å². The van der Waals surface area contributed by atoms with E-state index in [9.17, 15) is 14.0 Å². The third-order valence-electron chi connectivity index (χ3n) is 4.18. The van der Waals surface area contributed by atoms with Gasteiger partial charge >= 0.3 is 0 Å². The molecule has 1 aliphatic rings. The Balaban J connectivity index is 2.30. The van der Waals surface area contributed by atoms with E-state index < -0.39 is 12.0 Å². The largest absolute Gasteiger partial charge is 0.395 e. The second-order valence-corrected chi connectivity index (χ2v) is 5.45. The number of nitrogens with zero attached hydrogens (tertiary/aromatic N) is 2. The molecule has 1 fully saturated rings. The Kier molecular flexibility index (Phi) is 5.13. The molecule has 1 N–H and O–H groups in total. The molecular weight excluding hydrogens is 287 g/mol. The van der Waals surface area contributed by atoms with Gasteiger partial charge in [0.2, 0.25) is 11.8 Å². The summed E-state index contributed by atoms with van der Waals surface area (Å²) in [5.74, 6) is -1.11. The van der Waals surface area contributed by atoms with Crippen molar-refractivity contribution in [1.82, 2.24) is 9.80 Å². The molecule has 0 spiro atoms. The fraction of sp³-hybridized carbons (Fsp3) is 0.500. The predicted octanol–water partition coefficient (Wildman–Crippen LogP) is 1.19. The van der Waals surface area contributed by atoms with E-state index in [1.807, 2.05) is 6.92 Å². The molecular formula is C16H21FN2O3. The lowest BCUT2D eigenvalue weighted by Gasteiger charge is -2.29. The summed E-state index contributed by atoms with van der Waals surface area (Å²) in [6.07, 6.45) is 0.138. The van der Waals surface area contributed by atoms with Gasteiger partial charge in [-0.25, -0.2) is 4.39 Å². The Labute approximate surface area is 129 Å². The van der Waals surface area contributed by atoms with Crippen LogP contribution in [-0.2, 0) is 9.59 Å². The molecule has 22 heavy (non-hydrogen) atoms. The van der Waals surface area contributed by atoms with Gasteiger partial charge in [-0.2, -0.15) is 0 Å². The molecule has 1 aromatic carbocycles. The lowest BCUT2D eigenvalue weighted by molar-refractivity contribution is -0.136. The van der Waals surface area contributed by atoms with Crippen molar-refractivity contribution < 1.29 is 19.1 Å². The summed E-state index contributed by atoms with van der Waals surface area (Å²) in [5, 5.41) is 9.06. The maximum absolute atomic E-state index is 13.1. The van der Waals surface area contributed by atoms with Crippen LogP contribution in [0.4, 0.5) is 4.39 Å². The zero-order valence-electron chi connectivity index (χ0n) is 12.8. The summed E-state index contributed by atoms with van der Waals surface area (Å²) in [7, 11) is 1.66. The van der Waals surface area contributed by atoms with Gasteiger partial charge in [-0.3, -0.25) is 9.59 Å². The molecule has 0 radical (unpaired) electrons. The molecule has 2 rings (SSSR count). The second kappa shape index (κ2) is 6.87. The van der Waals surface area contributed by atoms with E-state index in [4.69, 9.17) is 5.11 Å². The molecule has 1 heterocycles. The highest BCUT2D eigenvalue weighted by Gasteiger charge is 2.43. The first-order chi connectivity index (χ1) is 10.5. The quantitative estimate of drug-likeness (QED) is 0.889. The second-order valence-electron chi connectivity index (χ2n) is 5.45. The van der Waals surface area contributed by atoms with Gasteiger partial charge in [-0.15, -0.1) is 0 Å². The Hall–Kier alpha value is -1.95. The highest BCUT2D eigenvalue weighted by Crippen LogP contribution is 2.38. The fourth-order valence-electron chi connectivity index (χ4n) is 2.99. The molecule has 0 saturated carbocycles. The molecule has 5 nitrogen and oxygen atoms in total. The molecule has 0 aromatic heterocycles. The van der Waals surface area contributed by atoms with Crippen molar-refractivity contribution in [3.8, 4) is 0 Å². The first-order valence-corrected chi connectivity index (χ1v) is 7.40. The van der Waals surface area contributed by atoms with Gasteiger partial charge in [0.1, 0.15) is 5.82 Å².